The zero-order chi connectivity index (χ0) is 21.1. The van der Waals surface area contributed by atoms with Gasteiger partial charge in [0.25, 0.3) is 0 Å². The van der Waals surface area contributed by atoms with Crippen molar-refractivity contribution in [2.75, 3.05) is 0 Å². The summed E-state index contributed by atoms with van der Waals surface area (Å²) in [6.45, 7) is 21.8. The van der Waals surface area contributed by atoms with Gasteiger partial charge in [0, 0.05) is 0 Å². The summed E-state index contributed by atoms with van der Waals surface area (Å²) in [5, 5.41) is 3.65. The highest BCUT2D eigenvalue weighted by atomic mass is 31.1. The van der Waals surface area contributed by atoms with Crippen LogP contribution in [-0.4, -0.2) is 21.6 Å². The predicted octanol–water partition coefficient (Wildman–Crippen LogP) is 7.54. The molecule has 0 aliphatic carbocycles. The molecule has 0 amide bonds. The maximum absolute atomic E-state index is 2.51. The lowest BCUT2D eigenvalue weighted by atomic mass is 10.1. The maximum Gasteiger partial charge on any atom is -0.00991 e. The average Bonchev–Trinajstić information content (AvgIpc) is 2.53. The summed E-state index contributed by atoms with van der Waals surface area (Å²) in [5.41, 5.74) is 3.02. The zero-order valence-corrected chi connectivity index (χ0v) is 21.2. The molecular weight excluding hydrogens is 374 g/mol. The smallest absolute Gasteiger partial charge is 0.00991 e. The Balaban J connectivity index is 2.34. The fourth-order valence-electron chi connectivity index (χ4n) is 4.71. The van der Waals surface area contributed by atoms with E-state index in [1.54, 1.807) is 0 Å². The molecule has 0 aliphatic rings. The van der Waals surface area contributed by atoms with Gasteiger partial charge in [-0.25, -0.2) is 0 Å². The van der Waals surface area contributed by atoms with E-state index in [-0.39, 0.29) is 21.0 Å². The first-order valence-electron chi connectivity index (χ1n) is 10.6. The molecule has 0 spiro atoms. The van der Waals surface area contributed by atoms with Crippen LogP contribution in [0.3, 0.4) is 0 Å². The van der Waals surface area contributed by atoms with Crippen molar-refractivity contribution in [1.29, 1.82) is 0 Å². The second kappa shape index (κ2) is 9.41. The summed E-state index contributed by atoms with van der Waals surface area (Å²) in [7, 11) is -0.410. The second-order valence-electron chi connectivity index (χ2n) is 10.2. The molecule has 0 nitrogen and oxygen atoms in total. The minimum Gasteiger partial charge on any atom is -0.0953 e. The maximum atomic E-state index is 2.51. The van der Waals surface area contributed by atoms with Crippen LogP contribution in [0.15, 0.2) is 54.6 Å². The van der Waals surface area contributed by atoms with Crippen LogP contribution in [0.25, 0.3) is 0 Å². The second-order valence-corrected chi connectivity index (χ2v) is 17.4. The quantitative estimate of drug-likeness (QED) is 0.428. The van der Waals surface area contributed by atoms with Gasteiger partial charge in [-0.05, 0) is 52.1 Å². The van der Waals surface area contributed by atoms with Gasteiger partial charge < -0.3 is 0 Å². The van der Waals surface area contributed by atoms with Crippen LogP contribution in [-0.2, 0) is 6.42 Å². The number of benzene rings is 2. The van der Waals surface area contributed by atoms with Crippen molar-refractivity contribution < 1.29 is 0 Å². The highest BCUT2D eigenvalue weighted by molar-refractivity contribution is 7.74. The molecule has 0 aliphatic heterocycles. The molecule has 2 aromatic rings. The van der Waals surface area contributed by atoms with E-state index in [4.69, 9.17) is 0 Å². The van der Waals surface area contributed by atoms with Gasteiger partial charge in [0.1, 0.15) is 0 Å². The van der Waals surface area contributed by atoms with E-state index in [9.17, 15) is 0 Å². The third-order valence-corrected chi connectivity index (χ3v) is 11.9. The van der Waals surface area contributed by atoms with E-state index in [0.717, 1.165) is 11.3 Å². The summed E-state index contributed by atoms with van der Waals surface area (Å²) < 4.78 is 0. The van der Waals surface area contributed by atoms with Crippen molar-refractivity contribution in [3.05, 3.63) is 60.2 Å². The molecule has 0 N–H and O–H groups in total. The molecule has 0 saturated carbocycles. The Morgan fingerprint density at radius 2 is 1.29 bits per heavy atom. The van der Waals surface area contributed by atoms with Crippen LogP contribution in [0.2, 0.25) is 0 Å². The first-order valence-corrected chi connectivity index (χ1v) is 13.5. The summed E-state index contributed by atoms with van der Waals surface area (Å²) in [4.78, 5) is 0. The molecule has 2 rings (SSSR count). The third kappa shape index (κ3) is 6.15. The van der Waals surface area contributed by atoms with Crippen molar-refractivity contribution >= 4 is 26.5 Å². The van der Waals surface area contributed by atoms with Gasteiger partial charge in [-0.1, -0.05) is 125 Å². The highest BCUT2D eigenvalue weighted by Crippen LogP contribution is 2.57. The summed E-state index contributed by atoms with van der Waals surface area (Å²) >= 11 is 0. The molecule has 3 atom stereocenters. The molecule has 3 unspecified atom stereocenters. The normalized spacial score (nSPS) is 16.1. The fourth-order valence-corrected chi connectivity index (χ4v) is 11.9. The number of hydrogen-bond acceptors (Lipinski definition) is 0. The first kappa shape index (κ1) is 23.6. The van der Waals surface area contributed by atoms with Crippen LogP contribution < -0.4 is 10.6 Å². The van der Waals surface area contributed by atoms with Gasteiger partial charge in [0.2, 0.25) is 0 Å². The van der Waals surface area contributed by atoms with E-state index in [1.807, 2.05) is 0 Å². The minimum absolute atomic E-state index is 0.0317. The Bertz CT molecular complexity index is 735. The SMILES string of the molecule is CC(C)P(C(C)Cc1cccc(P(c2ccccc2)C(C)(C)C)c1)C(C)(C)C. The molecule has 0 bridgehead atoms. The molecule has 0 aromatic heterocycles. The van der Waals surface area contributed by atoms with Crippen molar-refractivity contribution in [2.24, 2.45) is 0 Å². The van der Waals surface area contributed by atoms with Crippen molar-refractivity contribution in [1.82, 2.24) is 0 Å². The van der Waals surface area contributed by atoms with Crippen LogP contribution in [0, 0.1) is 0 Å². The van der Waals surface area contributed by atoms with Gasteiger partial charge in [-0.15, -0.1) is 0 Å². The van der Waals surface area contributed by atoms with E-state index < -0.39 is 0 Å². The topological polar surface area (TPSA) is 0 Å². The lowest BCUT2D eigenvalue weighted by Gasteiger charge is -2.39. The standard InChI is InChI=1S/C26H40P2/c1-20(2)27(25(4,5)6)21(3)18-22-14-13-17-24(19-22)28(26(7,8)9)23-15-11-10-12-16-23/h10-17,19-21H,18H2,1-9H3. The molecule has 2 heteroatoms. The Morgan fingerprint density at radius 1 is 0.714 bits per heavy atom. The minimum atomic E-state index is -0.378. The van der Waals surface area contributed by atoms with Crippen molar-refractivity contribution in [3.63, 3.8) is 0 Å². The van der Waals surface area contributed by atoms with Gasteiger partial charge in [0.05, 0.1) is 0 Å². The molecule has 28 heavy (non-hydrogen) atoms. The summed E-state index contributed by atoms with van der Waals surface area (Å²) in [6, 6.07) is 20.6. The van der Waals surface area contributed by atoms with E-state index in [0.29, 0.717) is 5.16 Å². The molecule has 0 heterocycles. The Kier molecular flexibility index (Phi) is 7.92. The largest absolute Gasteiger partial charge is 0.0953 e. The summed E-state index contributed by atoms with van der Waals surface area (Å²) in [5.74, 6) is 0. The lowest BCUT2D eigenvalue weighted by molar-refractivity contribution is 0.742. The van der Waals surface area contributed by atoms with Gasteiger partial charge >= 0.3 is 0 Å². The van der Waals surface area contributed by atoms with E-state index >= 15 is 0 Å². The molecule has 154 valence electrons. The highest BCUT2D eigenvalue weighted by Gasteiger charge is 2.32. The van der Waals surface area contributed by atoms with Gasteiger partial charge in [-0.3, -0.25) is 0 Å². The molecule has 0 radical (unpaired) electrons. The lowest BCUT2D eigenvalue weighted by Crippen LogP contribution is -2.27. The van der Waals surface area contributed by atoms with Crippen molar-refractivity contribution in [3.8, 4) is 0 Å². The van der Waals surface area contributed by atoms with Crippen LogP contribution in [0.4, 0.5) is 0 Å². The monoisotopic (exact) mass is 414 g/mol. The molecule has 2 aromatic carbocycles. The summed E-state index contributed by atoms with van der Waals surface area (Å²) in [6.07, 6.45) is 1.19. The molecule has 0 fully saturated rings. The van der Waals surface area contributed by atoms with Crippen LogP contribution in [0.5, 0.6) is 0 Å². The number of rotatable bonds is 6. The average molecular weight is 415 g/mol. The van der Waals surface area contributed by atoms with E-state index in [2.05, 4.69) is 117 Å². The van der Waals surface area contributed by atoms with Crippen LogP contribution >= 0.6 is 15.8 Å². The first-order chi connectivity index (χ1) is 12.9. The Hall–Kier alpha value is -0.700. The van der Waals surface area contributed by atoms with Crippen LogP contribution in [0.1, 0.15) is 67.9 Å². The zero-order valence-electron chi connectivity index (χ0n) is 19.5. The fraction of sp³-hybridized carbons (Fsp3) is 0.538. The van der Waals surface area contributed by atoms with E-state index in [1.165, 1.54) is 22.6 Å². The third-order valence-electron chi connectivity index (χ3n) is 5.19. The van der Waals surface area contributed by atoms with Crippen molar-refractivity contribution in [2.45, 2.75) is 90.4 Å². The van der Waals surface area contributed by atoms with Gasteiger partial charge in [-0.2, -0.15) is 0 Å². The Morgan fingerprint density at radius 3 is 1.79 bits per heavy atom. The molecule has 0 saturated heterocycles. The number of hydrogen-bond donors (Lipinski definition) is 0. The molecular formula is C26H40P2. The van der Waals surface area contributed by atoms with Gasteiger partial charge in [0.15, 0.2) is 0 Å². The predicted molar refractivity (Wildman–Crippen MR) is 134 cm³/mol. The Labute approximate surface area is 177 Å².